The van der Waals surface area contributed by atoms with Crippen LogP contribution in [-0.2, 0) is 4.74 Å². The van der Waals surface area contributed by atoms with Crippen LogP contribution in [-0.4, -0.2) is 26.2 Å². The molecular weight excluding hydrogens is 274 g/mol. The van der Waals surface area contributed by atoms with Crippen LogP contribution in [0.15, 0.2) is 0 Å². The molecule has 0 spiro atoms. The Kier molecular flexibility index (Phi) is 4.19. The maximum Gasteiger partial charge on any atom is 0.343 e. The zero-order chi connectivity index (χ0) is 14.9. The molecule has 6 heteroatoms. The van der Waals surface area contributed by atoms with Crippen molar-refractivity contribution in [1.82, 2.24) is 0 Å². The van der Waals surface area contributed by atoms with Gasteiger partial charge in [-0.1, -0.05) is 13.8 Å². The van der Waals surface area contributed by atoms with Gasteiger partial charge in [0.25, 0.3) is 0 Å². The summed E-state index contributed by atoms with van der Waals surface area (Å²) in [5, 5.41) is 9.88. The van der Waals surface area contributed by atoms with Gasteiger partial charge >= 0.3 is 5.97 Å². The van der Waals surface area contributed by atoms with E-state index >= 15 is 0 Å². The number of nitrogens with zero attached hydrogens (tertiary/aromatic N) is 2. The van der Waals surface area contributed by atoms with Gasteiger partial charge in [0.1, 0.15) is 21.5 Å². The van der Waals surface area contributed by atoms with Gasteiger partial charge in [-0.25, -0.2) is 4.79 Å². The van der Waals surface area contributed by atoms with Crippen molar-refractivity contribution in [2.24, 2.45) is 11.8 Å². The minimum absolute atomic E-state index is 0.241. The van der Waals surface area contributed by atoms with Crippen molar-refractivity contribution < 1.29 is 9.53 Å². The molecule has 20 heavy (non-hydrogen) atoms. The minimum Gasteiger partial charge on any atom is -0.465 e. The smallest absolute Gasteiger partial charge is 0.343 e. The van der Waals surface area contributed by atoms with Gasteiger partial charge in [-0.05, 0) is 18.3 Å². The van der Waals surface area contributed by atoms with Crippen LogP contribution in [0, 0.1) is 23.2 Å². The van der Waals surface area contributed by atoms with Crippen LogP contribution in [0.3, 0.4) is 0 Å². The molecule has 0 aromatic carbocycles. The van der Waals surface area contributed by atoms with Crippen molar-refractivity contribution in [2.45, 2.75) is 20.3 Å². The van der Waals surface area contributed by atoms with Gasteiger partial charge in [0.05, 0.1) is 12.8 Å². The SMILES string of the molecule is COC(=O)c1c(N2CCC(C)C(C)C2)sc(C#N)c1N. The molecule has 0 saturated carbocycles. The van der Waals surface area contributed by atoms with Crippen molar-refractivity contribution >= 4 is 28.0 Å². The van der Waals surface area contributed by atoms with E-state index in [0.29, 0.717) is 22.3 Å². The summed E-state index contributed by atoms with van der Waals surface area (Å²) >= 11 is 1.28. The molecule has 2 atom stereocenters. The largest absolute Gasteiger partial charge is 0.465 e. The van der Waals surface area contributed by atoms with Crippen molar-refractivity contribution in [3.8, 4) is 6.07 Å². The van der Waals surface area contributed by atoms with E-state index in [-0.39, 0.29) is 5.69 Å². The number of methoxy groups -OCH3 is 1. The molecule has 1 aromatic heterocycles. The molecule has 1 aromatic rings. The summed E-state index contributed by atoms with van der Waals surface area (Å²) in [7, 11) is 1.33. The number of carbonyl (C=O) groups is 1. The lowest BCUT2D eigenvalue weighted by Crippen LogP contribution is -2.38. The topological polar surface area (TPSA) is 79.3 Å². The average molecular weight is 293 g/mol. The van der Waals surface area contributed by atoms with Crippen molar-refractivity contribution in [1.29, 1.82) is 5.26 Å². The molecule has 2 N–H and O–H groups in total. The van der Waals surface area contributed by atoms with Crippen LogP contribution < -0.4 is 10.6 Å². The van der Waals surface area contributed by atoms with Crippen LogP contribution in [0.5, 0.6) is 0 Å². The highest BCUT2D eigenvalue weighted by atomic mass is 32.1. The molecule has 2 rings (SSSR count). The monoisotopic (exact) mass is 293 g/mol. The van der Waals surface area contributed by atoms with Crippen molar-refractivity contribution in [3.05, 3.63) is 10.4 Å². The third-order valence-corrected chi connectivity index (χ3v) is 5.21. The number of piperidine rings is 1. The molecule has 1 fully saturated rings. The number of nitriles is 1. The van der Waals surface area contributed by atoms with Gasteiger partial charge in [-0.3, -0.25) is 0 Å². The second-order valence-electron chi connectivity index (χ2n) is 5.32. The molecule has 0 bridgehead atoms. The van der Waals surface area contributed by atoms with Gasteiger partial charge in [0, 0.05) is 13.1 Å². The second-order valence-corrected chi connectivity index (χ2v) is 6.32. The van der Waals surface area contributed by atoms with Crippen LogP contribution >= 0.6 is 11.3 Å². The van der Waals surface area contributed by atoms with E-state index in [9.17, 15) is 4.79 Å². The van der Waals surface area contributed by atoms with E-state index in [4.69, 9.17) is 15.7 Å². The zero-order valence-electron chi connectivity index (χ0n) is 12.0. The molecule has 5 nitrogen and oxygen atoms in total. The maximum atomic E-state index is 11.9. The third kappa shape index (κ3) is 2.46. The van der Waals surface area contributed by atoms with Gasteiger partial charge in [-0.15, -0.1) is 11.3 Å². The summed E-state index contributed by atoms with van der Waals surface area (Å²) in [6.07, 6.45) is 1.07. The first kappa shape index (κ1) is 14.7. The standard InChI is InChI=1S/C14H19N3O2S/c1-8-4-5-17(7-9(8)2)13-11(14(18)19-3)12(16)10(6-15)20-13/h8-9H,4-5,7,16H2,1-3H3. The number of esters is 1. The van der Waals surface area contributed by atoms with E-state index in [1.807, 2.05) is 0 Å². The highest BCUT2D eigenvalue weighted by Gasteiger charge is 2.30. The zero-order valence-corrected chi connectivity index (χ0v) is 12.8. The first-order valence-electron chi connectivity index (χ1n) is 6.65. The molecule has 2 heterocycles. The number of nitrogen functional groups attached to an aromatic ring is 1. The molecule has 0 amide bonds. The number of rotatable bonds is 2. The van der Waals surface area contributed by atoms with Crippen molar-refractivity contribution in [2.75, 3.05) is 30.8 Å². The lowest BCUT2D eigenvalue weighted by molar-refractivity contribution is 0.0603. The quantitative estimate of drug-likeness (QED) is 0.847. The van der Waals surface area contributed by atoms with E-state index in [0.717, 1.165) is 24.5 Å². The Morgan fingerprint density at radius 1 is 1.50 bits per heavy atom. The van der Waals surface area contributed by atoms with Gasteiger partial charge < -0.3 is 15.4 Å². The molecule has 108 valence electrons. The van der Waals surface area contributed by atoms with Gasteiger partial charge in [-0.2, -0.15) is 5.26 Å². The number of anilines is 2. The van der Waals surface area contributed by atoms with E-state index in [1.54, 1.807) is 0 Å². The first-order chi connectivity index (χ1) is 9.49. The first-order valence-corrected chi connectivity index (χ1v) is 7.46. The van der Waals surface area contributed by atoms with E-state index < -0.39 is 5.97 Å². The lowest BCUT2D eigenvalue weighted by Gasteiger charge is -2.36. The Labute approximate surface area is 122 Å². The summed E-state index contributed by atoms with van der Waals surface area (Å²) in [6, 6.07) is 2.05. The third-order valence-electron chi connectivity index (χ3n) is 4.04. The Bertz CT molecular complexity index is 562. The summed E-state index contributed by atoms with van der Waals surface area (Å²) in [5.41, 5.74) is 6.50. The lowest BCUT2D eigenvalue weighted by atomic mass is 9.89. The molecule has 2 unspecified atom stereocenters. The number of nitrogens with two attached hydrogens (primary N) is 1. The highest BCUT2D eigenvalue weighted by molar-refractivity contribution is 7.17. The second kappa shape index (κ2) is 5.71. The normalized spacial score (nSPS) is 22.4. The molecule has 1 aliphatic rings. The number of ether oxygens (including phenoxy) is 1. The van der Waals surface area contributed by atoms with Crippen LogP contribution in [0.4, 0.5) is 10.7 Å². The highest BCUT2D eigenvalue weighted by Crippen LogP contribution is 2.40. The van der Waals surface area contributed by atoms with Crippen LogP contribution in [0.2, 0.25) is 0 Å². The number of carbonyl (C=O) groups excluding carboxylic acids is 1. The van der Waals surface area contributed by atoms with Crippen LogP contribution in [0.25, 0.3) is 0 Å². The molecular formula is C14H19N3O2S. The fourth-order valence-electron chi connectivity index (χ4n) is 2.48. The summed E-state index contributed by atoms with van der Waals surface area (Å²) in [5.74, 6) is 0.741. The minimum atomic E-state index is -0.471. The number of hydrogen-bond acceptors (Lipinski definition) is 6. The maximum absolute atomic E-state index is 11.9. The number of thiophene rings is 1. The Morgan fingerprint density at radius 2 is 2.20 bits per heavy atom. The molecule has 0 aliphatic carbocycles. The fourth-order valence-corrected chi connectivity index (χ4v) is 3.53. The summed E-state index contributed by atoms with van der Waals surface area (Å²) < 4.78 is 4.81. The van der Waals surface area contributed by atoms with Crippen LogP contribution in [0.1, 0.15) is 35.5 Å². The molecule has 1 saturated heterocycles. The van der Waals surface area contributed by atoms with Crippen molar-refractivity contribution in [3.63, 3.8) is 0 Å². The Morgan fingerprint density at radius 3 is 2.75 bits per heavy atom. The number of hydrogen-bond donors (Lipinski definition) is 1. The van der Waals surface area contributed by atoms with E-state index in [1.165, 1.54) is 18.4 Å². The molecule has 1 aliphatic heterocycles. The summed E-state index contributed by atoms with van der Waals surface area (Å²) in [6.45, 7) is 6.19. The Hall–Kier alpha value is -1.74. The molecule has 0 radical (unpaired) electrons. The fraction of sp³-hybridized carbons (Fsp3) is 0.571. The predicted molar refractivity (Wildman–Crippen MR) is 79.9 cm³/mol. The average Bonchev–Trinajstić information content (AvgIpc) is 2.78. The van der Waals surface area contributed by atoms with Gasteiger partial charge in [0.15, 0.2) is 0 Å². The van der Waals surface area contributed by atoms with E-state index in [2.05, 4.69) is 24.8 Å². The Balaban J connectivity index is 2.41. The van der Waals surface area contributed by atoms with Gasteiger partial charge in [0.2, 0.25) is 0 Å². The summed E-state index contributed by atoms with van der Waals surface area (Å²) in [4.78, 5) is 14.5. The predicted octanol–water partition coefficient (Wildman–Crippen LogP) is 2.47.